The van der Waals surface area contributed by atoms with Crippen LogP contribution < -0.4 is 10.1 Å². The van der Waals surface area contributed by atoms with E-state index in [-0.39, 0.29) is 6.04 Å². The summed E-state index contributed by atoms with van der Waals surface area (Å²) in [4.78, 5) is 0. The first kappa shape index (κ1) is 15.9. The molecule has 3 aromatic rings. The number of aromatic nitrogens is 1. The van der Waals surface area contributed by atoms with Gasteiger partial charge in [0, 0.05) is 11.6 Å². The second kappa shape index (κ2) is 7.07. The summed E-state index contributed by atoms with van der Waals surface area (Å²) in [7, 11) is 3.68. The molecule has 4 heteroatoms. The van der Waals surface area contributed by atoms with Gasteiger partial charge in [0.05, 0.1) is 23.7 Å². The minimum absolute atomic E-state index is 0.204. The van der Waals surface area contributed by atoms with E-state index in [1.165, 1.54) is 5.56 Å². The van der Waals surface area contributed by atoms with E-state index in [1.807, 2.05) is 37.5 Å². The molecule has 3 nitrogen and oxygen atoms in total. The van der Waals surface area contributed by atoms with E-state index in [0.29, 0.717) is 0 Å². The molecular formula is C19H21ClN2O. The van der Waals surface area contributed by atoms with E-state index in [2.05, 4.69) is 34.1 Å². The number of nitrogens with one attached hydrogen (secondary N) is 1. The first-order valence-corrected chi connectivity index (χ1v) is 8.16. The van der Waals surface area contributed by atoms with Crippen LogP contribution >= 0.6 is 11.6 Å². The monoisotopic (exact) mass is 328 g/mol. The molecule has 0 saturated heterocycles. The summed E-state index contributed by atoms with van der Waals surface area (Å²) >= 11 is 6.48. The molecule has 0 radical (unpaired) electrons. The quantitative estimate of drug-likeness (QED) is 0.721. The van der Waals surface area contributed by atoms with Crippen molar-refractivity contribution in [1.29, 1.82) is 0 Å². The van der Waals surface area contributed by atoms with Crippen molar-refractivity contribution < 1.29 is 4.74 Å². The molecule has 2 aromatic carbocycles. The predicted molar refractivity (Wildman–Crippen MR) is 96.6 cm³/mol. The Morgan fingerprint density at radius 1 is 1.13 bits per heavy atom. The van der Waals surface area contributed by atoms with Gasteiger partial charge >= 0.3 is 0 Å². The summed E-state index contributed by atoms with van der Waals surface area (Å²) in [5.41, 5.74) is 2.31. The van der Waals surface area contributed by atoms with Crippen LogP contribution in [0.1, 0.15) is 18.0 Å². The highest BCUT2D eigenvalue weighted by molar-refractivity contribution is 6.35. The SMILES string of the molecule is CNCCC(c1ccccc1)n1cc(Cl)c2cccc(OC)c21. The van der Waals surface area contributed by atoms with Crippen molar-refractivity contribution >= 4 is 22.5 Å². The minimum atomic E-state index is 0.204. The van der Waals surface area contributed by atoms with Gasteiger partial charge in [0.1, 0.15) is 5.75 Å². The zero-order valence-corrected chi connectivity index (χ0v) is 14.2. The van der Waals surface area contributed by atoms with E-state index < -0.39 is 0 Å². The molecule has 1 unspecified atom stereocenters. The van der Waals surface area contributed by atoms with E-state index >= 15 is 0 Å². The Bertz CT molecular complexity index is 783. The topological polar surface area (TPSA) is 26.2 Å². The van der Waals surface area contributed by atoms with Crippen molar-refractivity contribution in [3.8, 4) is 5.75 Å². The van der Waals surface area contributed by atoms with Gasteiger partial charge in [0.2, 0.25) is 0 Å². The average Bonchev–Trinajstić information content (AvgIpc) is 2.93. The van der Waals surface area contributed by atoms with Crippen LogP contribution in [0.5, 0.6) is 5.75 Å². The Hall–Kier alpha value is -1.97. The van der Waals surface area contributed by atoms with Gasteiger partial charge in [-0.1, -0.05) is 54.1 Å². The number of halogens is 1. The standard InChI is InChI=1S/C19H21ClN2O/c1-21-12-11-17(14-7-4-3-5-8-14)22-13-16(20)15-9-6-10-18(23-2)19(15)22/h3-10,13,17,21H,11-12H2,1-2H3. The second-order valence-corrected chi connectivity index (χ2v) is 5.97. The van der Waals surface area contributed by atoms with E-state index in [1.54, 1.807) is 7.11 Å². The van der Waals surface area contributed by atoms with Gasteiger partial charge in [0.15, 0.2) is 0 Å². The summed E-state index contributed by atoms with van der Waals surface area (Å²) in [5, 5.41) is 5.02. The zero-order valence-electron chi connectivity index (χ0n) is 13.4. The number of benzene rings is 2. The molecule has 0 aliphatic carbocycles. The molecule has 1 heterocycles. The number of fused-ring (bicyclic) bond motifs is 1. The smallest absolute Gasteiger partial charge is 0.143 e. The Balaban J connectivity index is 2.18. The fourth-order valence-electron chi connectivity index (χ4n) is 3.07. The number of hydrogen-bond acceptors (Lipinski definition) is 2. The molecule has 1 atom stereocenters. The average molecular weight is 329 g/mol. The van der Waals surface area contributed by atoms with Gasteiger partial charge in [-0.15, -0.1) is 0 Å². The van der Waals surface area contributed by atoms with Crippen LogP contribution in [-0.2, 0) is 0 Å². The van der Waals surface area contributed by atoms with E-state index in [0.717, 1.165) is 34.6 Å². The van der Waals surface area contributed by atoms with Crippen LogP contribution in [0.15, 0.2) is 54.7 Å². The third-order valence-corrected chi connectivity index (χ3v) is 4.48. The Morgan fingerprint density at radius 3 is 2.61 bits per heavy atom. The third-order valence-electron chi connectivity index (χ3n) is 4.17. The Kier molecular flexibility index (Phi) is 4.89. The van der Waals surface area contributed by atoms with Gasteiger partial charge < -0.3 is 14.6 Å². The molecule has 0 bridgehead atoms. The fourth-order valence-corrected chi connectivity index (χ4v) is 3.33. The highest BCUT2D eigenvalue weighted by Crippen LogP contribution is 2.37. The zero-order chi connectivity index (χ0) is 16.2. The van der Waals surface area contributed by atoms with Crippen molar-refractivity contribution in [3.63, 3.8) is 0 Å². The van der Waals surface area contributed by atoms with Crippen molar-refractivity contribution in [2.24, 2.45) is 0 Å². The largest absolute Gasteiger partial charge is 0.495 e. The molecule has 0 saturated carbocycles. The molecule has 23 heavy (non-hydrogen) atoms. The highest BCUT2D eigenvalue weighted by atomic mass is 35.5. The molecule has 0 aliphatic heterocycles. The van der Waals surface area contributed by atoms with Crippen LogP contribution in [0.4, 0.5) is 0 Å². The summed E-state index contributed by atoms with van der Waals surface area (Å²) in [6.07, 6.45) is 2.99. The number of para-hydroxylation sites is 1. The van der Waals surface area contributed by atoms with Crippen LogP contribution in [-0.4, -0.2) is 25.3 Å². The van der Waals surface area contributed by atoms with Gasteiger partial charge in [-0.2, -0.15) is 0 Å². The molecule has 120 valence electrons. The normalized spacial score (nSPS) is 12.5. The van der Waals surface area contributed by atoms with E-state index in [9.17, 15) is 0 Å². The molecule has 0 fully saturated rings. The number of rotatable bonds is 6. The summed E-state index contributed by atoms with van der Waals surface area (Å²) < 4.78 is 7.82. The number of nitrogens with zero attached hydrogens (tertiary/aromatic N) is 1. The van der Waals surface area contributed by atoms with Gasteiger partial charge in [-0.05, 0) is 31.6 Å². The lowest BCUT2D eigenvalue weighted by Crippen LogP contribution is -2.17. The van der Waals surface area contributed by atoms with Crippen LogP contribution in [0.3, 0.4) is 0 Å². The number of ether oxygens (including phenoxy) is 1. The van der Waals surface area contributed by atoms with Crippen molar-refractivity contribution in [3.05, 3.63) is 65.3 Å². The number of methoxy groups -OCH3 is 1. The Morgan fingerprint density at radius 2 is 1.91 bits per heavy atom. The summed E-state index contributed by atoms with van der Waals surface area (Å²) in [6, 6.07) is 16.7. The van der Waals surface area contributed by atoms with Crippen molar-refractivity contribution in [2.45, 2.75) is 12.5 Å². The summed E-state index contributed by atoms with van der Waals surface area (Å²) in [5.74, 6) is 0.847. The summed E-state index contributed by atoms with van der Waals surface area (Å²) in [6.45, 7) is 0.923. The van der Waals surface area contributed by atoms with Crippen LogP contribution in [0.25, 0.3) is 10.9 Å². The van der Waals surface area contributed by atoms with Crippen molar-refractivity contribution in [1.82, 2.24) is 9.88 Å². The third kappa shape index (κ3) is 3.07. The van der Waals surface area contributed by atoms with Crippen LogP contribution in [0.2, 0.25) is 5.02 Å². The maximum Gasteiger partial charge on any atom is 0.143 e. The first-order chi connectivity index (χ1) is 11.3. The van der Waals surface area contributed by atoms with Crippen molar-refractivity contribution in [2.75, 3.05) is 20.7 Å². The molecule has 0 aliphatic rings. The Labute approximate surface area is 141 Å². The molecule has 3 rings (SSSR count). The highest BCUT2D eigenvalue weighted by Gasteiger charge is 2.19. The first-order valence-electron chi connectivity index (χ1n) is 7.79. The molecular weight excluding hydrogens is 308 g/mol. The lowest BCUT2D eigenvalue weighted by atomic mass is 10.0. The number of hydrogen-bond donors (Lipinski definition) is 1. The van der Waals surface area contributed by atoms with Gasteiger partial charge in [-0.3, -0.25) is 0 Å². The maximum atomic E-state index is 6.48. The molecule has 0 amide bonds. The molecule has 0 spiro atoms. The maximum absolute atomic E-state index is 6.48. The second-order valence-electron chi connectivity index (χ2n) is 5.56. The molecule has 1 N–H and O–H groups in total. The van der Waals surface area contributed by atoms with E-state index in [4.69, 9.17) is 16.3 Å². The van der Waals surface area contributed by atoms with Crippen LogP contribution in [0, 0.1) is 0 Å². The fraction of sp³-hybridized carbons (Fsp3) is 0.263. The van der Waals surface area contributed by atoms with Gasteiger partial charge in [0.25, 0.3) is 0 Å². The van der Waals surface area contributed by atoms with Gasteiger partial charge in [-0.25, -0.2) is 0 Å². The predicted octanol–water partition coefficient (Wildman–Crippen LogP) is 4.50. The minimum Gasteiger partial charge on any atom is -0.495 e. The lowest BCUT2D eigenvalue weighted by molar-refractivity contribution is 0.415. The lowest BCUT2D eigenvalue weighted by Gasteiger charge is -2.21. The molecule has 1 aromatic heterocycles.